The molecule has 0 bridgehead atoms. The van der Waals surface area contributed by atoms with Crippen LogP contribution in [0.25, 0.3) is 0 Å². The first kappa shape index (κ1) is 9.56. The van der Waals surface area contributed by atoms with Gasteiger partial charge in [0.05, 0.1) is 5.54 Å². The van der Waals surface area contributed by atoms with Crippen LogP contribution in [0.1, 0.15) is 40.0 Å². The minimum absolute atomic E-state index is 0.0925. The van der Waals surface area contributed by atoms with Crippen molar-refractivity contribution in [2.45, 2.75) is 45.6 Å². The Kier molecular flexibility index (Phi) is 2.05. The van der Waals surface area contributed by atoms with Gasteiger partial charge in [-0.05, 0) is 44.6 Å². The molecule has 0 spiro atoms. The summed E-state index contributed by atoms with van der Waals surface area (Å²) in [5.74, 6) is 1.34. The highest BCUT2D eigenvalue weighted by Gasteiger charge is 2.32. The van der Waals surface area contributed by atoms with E-state index in [1.165, 1.54) is 17.7 Å². The number of aliphatic imine (C=N–C) groups is 1. The molecular weight excluding hydrogens is 174 g/mol. The van der Waals surface area contributed by atoms with E-state index in [1.807, 2.05) is 0 Å². The molecule has 2 aliphatic rings. The second-order valence-electron chi connectivity index (χ2n) is 4.99. The zero-order chi connectivity index (χ0) is 10.3. The summed E-state index contributed by atoms with van der Waals surface area (Å²) in [5, 5.41) is 3.21. The third kappa shape index (κ3) is 1.51. The summed E-state index contributed by atoms with van der Waals surface area (Å²) in [7, 11) is 0. The van der Waals surface area contributed by atoms with Crippen LogP contribution in [-0.2, 0) is 0 Å². The monoisotopic (exact) mass is 193 g/mol. The Balaban J connectivity index is 2.33. The van der Waals surface area contributed by atoms with Crippen molar-refractivity contribution in [1.82, 2.24) is 5.32 Å². The highest BCUT2D eigenvalue weighted by molar-refractivity contribution is 5.82. The van der Waals surface area contributed by atoms with Gasteiger partial charge in [0.2, 0.25) is 0 Å². The molecule has 3 nitrogen and oxygen atoms in total. The molecule has 1 atom stereocenters. The summed E-state index contributed by atoms with van der Waals surface area (Å²) in [6.45, 7) is 6.58. The third-order valence-corrected chi connectivity index (χ3v) is 3.22. The first-order chi connectivity index (χ1) is 6.49. The summed E-state index contributed by atoms with van der Waals surface area (Å²) < 4.78 is 0. The van der Waals surface area contributed by atoms with Gasteiger partial charge in [0, 0.05) is 5.70 Å². The Morgan fingerprint density at radius 2 is 2.21 bits per heavy atom. The molecule has 0 amide bonds. The third-order valence-electron chi connectivity index (χ3n) is 3.22. The second-order valence-corrected chi connectivity index (χ2v) is 4.99. The van der Waals surface area contributed by atoms with E-state index < -0.39 is 0 Å². The highest BCUT2D eigenvalue weighted by Crippen LogP contribution is 2.37. The zero-order valence-corrected chi connectivity index (χ0v) is 9.22. The maximum atomic E-state index is 5.77. The van der Waals surface area contributed by atoms with Crippen molar-refractivity contribution in [1.29, 1.82) is 0 Å². The lowest BCUT2D eigenvalue weighted by Gasteiger charge is -2.36. The summed E-state index contributed by atoms with van der Waals surface area (Å²) in [6.07, 6.45) is 3.56. The number of nitrogens with zero attached hydrogens (tertiary/aromatic N) is 1. The van der Waals surface area contributed by atoms with Gasteiger partial charge in [-0.25, -0.2) is 4.99 Å². The first-order valence-corrected chi connectivity index (χ1v) is 5.34. The van der Waals surface area contributed by atoms with Crippen LogP contribution >= 0.6 is 0 Å². The summed E-state index contributed by atoms with van der Waals surface area (Å²) in [4.78, 5) is 4.45. The van der Waals surface area contributed by atoms with Gasteiger partial charge in [0.25, 0.3) is 0 Å². The standard InChI is InChI=1S/C11H19N3/c1-7-4-5-8-9(6-7)13-10(12)14-11(8,2)3/h7H,4-6H2,1-3H3,(H3,12,13,14)/t7-/m0/s1. The van der Waals surface area contributed by atoms with Crippen molar-refractivity contribution in [2.75, 3.05) is 0 Å². The number of guanidine groups is 1. The van der Waals surface area contributed by atoms with E-state index in [-0.39, 0.29) is 5.54 Å². The molecule has 78 valence electrons. The van der Waals surface area contributed by atoms with Crippen LogP contribution in [0.15, 0.2) is 16.3 Å². The molecule has 0 fully saturated rings. The van der Waals surface area contributed by atoms with Gasteiger partial charge < -0.3 is 11.1 Å². The average molecular weight is 193 g/mol. The van der Waals surface area contributed by atoms with Crippen LogP contribution in [0.4, 0.5) is 0 Å². The molecule has 0 unspecified atom stereocenters. The number of nitrogens with two attached hydrogens (primary N) is 1. The van der Waals surface area contributed by atoms with E-state index in [9.17, 15) is 0 Å². The van der Waals surface area contributed by atoms with Gasteiger partial charge in [0.1, 0.15) is 0 Å². The van der Waals surface area contributed by atoms with Crippen molar-refractivity contribution in [3.63, 3.8) is 0 Å². The van der Waals surface area contributed by atoms with Crippen molar-refractivity contribution < 1.29 is 0 Å². The molecule has 3 N–H and O–H groups in total. The number of hydrogen-bond donors (Lipinski definition) is 2. The molecule has 3 heteroatoms. The zero-order valence-electron chi connectivity index (χ0n) is 9.22. The lowest BCUT2D eigenvalue weighted by molar-refractivity contribution is 0.432. The minimum atomic E-state index is -0.0925. The number of allylic oxidation sites excluding steroid dienone is 1. The van der Waals surface area contributed by atoms with Crippen molar-refractivity contribution in [3.05, 3.63) is 11.3 Å². The molecule has 1 aliphatic carbocycles. The summed E-state index contributed by atoms with van der Waals surface area (Å²) in [5.41, 5.74) is 8.44. The predicted molar refractivity (Wildman–Crippen MR) is 58.9 cm³/mol. The van der Waals surface area contributed by atoms with Crippen LogP contribution in [-0.4, -0.2) is 11.5 Å². The van der Waals surface area contributed by atoms with Crippen LogP contribution in [0.5, 0.6) is 0 Å². The van der Waals surface area contributed by atoms with E-state index in [0.29, 0.717) is 5.96 Å². The highest BCUT2D eigenvalue weighted by atomic mass is 15.1. The summed E-state index contributed by atoms with van der Waals surface area (Å²) in [6, 6.07) is 0. The van der Waals surface area contributed by atoms with Crippen LogP contribution in [0.2, 0.25) is 0 Å². The normalized spacial score (nSPS) is 30.5. The molecule has 14 heavy (non-hydrogen) atoms. The van der Waals surface area contributed by atoms with E-state index in [2.05, 4.69) is 31.1 Å². The predicted octanol–water partition coefficient (Wildman–Crippen LogP) is 1.76. The molecule has 1 aliphatic heterocycles. The van der Waals surface area contributed by atoms with E-state index in [0.717, 1.165) is 18.8 Å². The molecule has 0 aromatic rings. The molecule has 0 radical (unpaired) electrons. The Labute approximate surface area is 85.5 Å². The van der Waals surface area contributed by atoms with Gasteiger partial charge >= 0.3 is 0 Å². The fourth-order valence-electron chi connectivity index (χ4n) is 2.47. The van der Waals surface area contributed by atoms with Crippen molar-refractivity contribution in [3.8, 4) is 0 Å². The Bertz CT molecular complexity index is 312. The average Bonchev–Trinajstić information content (AvgIpc) is 2.00. The van der Waals surface area contributed by atoms with Gasteiger partial charge in [-0.2, -0.15) is 0 Å². The maximum absolute atomic E-state index is 5.77. The Hall–Kier alpha value is -0.990. The first-order valence-electron chi connectivity index (χ1n) is 5.34. The fraction of sp³-hybridized carbons (Fsp3) is 0.727. The number of nitrogens with one attached hydrogen (secondary N) is 1. The largest absolute Gasteiger partial charge is 0.370 e. The van der Waals surface area contributed by atoms with Crippen LogP contribution in [0, 0.1) is 5.92 Å². The van der Waals surface area contributed by atoms with Gasteiger partial charge in [-0.3, -0.25) is 0 Å². The fourth-order valence-corrected chi connectivity index (χ4v) is 2.47. The van der Waals surface area contributed by atoms with Crippen LogP contribution in [0.3, 0.4) is 0 Å². The van der Waals surface area contributed by atoms with Crippen LogP contribution < -0.4 is 11.1 Å². The number of rotatable bonds is 0. The van der Waals surface area contributed by atoms with E-state index >= 15 is 0 Å². The molecule has 0 saturated carbocycles. The lowest BCUT2D eigenvalue weighted by atomic mass is 9.79. The van der Waals surface area contributed by atoms with Gasteiger partial charge in [-0.15, -0.1) is 0 Å². The second kappa shape index (κ2) is 3.01. The van der Waals surface area contributed by atoms with Crippen molar-refractivity contribution >= 4 is 5.96 Å². The minimum Gasteiger partial charge on any atom is -0.370 e. The quantitative estimate of drug-likeness (QED) is 0.616. The molecule has 0 aromatic carbocycles. The van der Waals surface area contributed by atoms with Crippen molar-refractivity contribution in [2.24, 2.45) is 16.6 Å². The Morgan fingerprint density at radius 1 is 1.50 bits per heavy atom. The maximum Gasteiger partial charge on any atom is 0.193 e. The molecule has 0 saturated heterocycles. The lowest BCUT2D eigenvalue weighted by Crippen LogP contribution is -2.43. The smallest absolute Gasteiger partial charge is 0.193 e. The molecule has 2 rings (SSSR count). The Morgan fingerprint density at radius 3 is 2.93 bits per heavy atom. The van der Waals surface area contributed by atoms with E-state index in [4.69, 9.17) is 5.73 Å². The van der Waals surface area contributed by atoms with Gasteiger partial charge in [0.15, 0.2) is 5.96 Å². The molecule has 0 aromatic heterocycles. The number of hydrogen-bond acceptors (Lipinski definition) is 3. The molecular formula is C11H19N3. The summed E-state index contributed by atoms with van der Waals surface area (Å²) >= 11 is 0. The topological polar surface area (TPSA) is 50.4 Å². The SMILES string of the molecule is C[C@H]1CCC2=C(C1)NC(N)=NC2(C)C. The van der Waals surface area contributed by atoms with Gasteiger partial charge in [-0.1, -0.05) is 6.92 Å². The van der Waals surface area contributed by atoms with E-state index in [1.54, 1.807) is 0 Å². The molecule has 1 heterocycles.